The van der Waals surface area contributed by atoms with Crippen LogP contribution < -0.4 is 5.32 Å². The third-order valence-electron chi connectivity index (χ3n) is 3.84. The second-order valence-corrected chi connectivity index (χ2v) is 6.12. The van der Waals surface area contributed by atoms with Gasteiger partial charge >= 0.3 is 0 Å². The molecule has 0 unspecified atom stereocenters. The maximum absolute atomic E-state index is 4.51. The van der Waals surface area contributed by atoms with E-state index in [2.05, 4.69) is 38.9 Å². The molecule has 0 bridgehead atoms. The predicted molar refractivity (Wildman–Crippen MR) is 82.3 cm³/mol. The topological polar surface area (TPSA) is 55.6 Å². The molecular weight excluding hydrogens is 262 g/mol. The molecule has 5 heteroatoms. The Balaban J connectivity index is 1.71. The van der Waals surface area contributed by atoms with Gasteiger partial charge < -0.3 is 5.32 Å². The Labute approximate surface area is 125 Å². The van der Waals surface area contributed by atoms with Crippen LogP contribution in [0.2, 0.25) is 0 Å². The lowest BCUT2D eigenvalue weighted by atomic mass is 10.0. The molecule has 2 aromatic heterocycles. The number of rotatable bonds is 5. The zero-order chi connectivity index (χ0) is 14.7. The summed E-state index contributed by atoms with van der Waals surface area (Å²) in [5, 5.41) is 12.1. The van der Waals surface area contributed by atoms with Crippen LogP contribution in [0.1, 0.15) is 43.8 Å². The summed E-state index contributed by atoms with van der Waals surface area (Å²) in [5.74, 6) is 1.52. The van der Waals surface area contributed by atoms with Gasteiger partial charge in [0.25, 0.3) is 0 Å². The number of aromatic nitrogens is 4. The minimum absolute atomic E-state index is 0.648. The fourth-order valence-corrected chi connectivity index (χ4v) is 2.73. The first kappa shape index (κ1) is 14.2. The molecule has 0 atom stereocenters. The van der Waals surface area contributed by atoms with Crippen LogP contribution in [-0.4, -0.2) is 26.3 Å². The number of nitrogens with zero attached hydrogens (tertiary/aromatic N) is 4. The highest BCUT2D eigenvalue weighted by atomic mass is 15.2. The first-order chi connectivity index (χ1) is 10.2. The molecule has 0 amide bonds. The molecule has 3 rings (SSSR count). The summed E-state index contributed by atoms with van der Waals surface area (Å²) in [6.07, 6.45) is 6.55. The van der Waals surface area contributed by atoms with Crippen molar-refractivity contribution >= 4 is 0 Å². The van der Waals surface area contributed by atoms with Gasteiger partial charge in [0, 0.05) is 12.2 Å². The minimum Gasteiger partial charge on any atom is -0.311 e. The van der Waals surface area contributed by atoms with E-state index in [1.54, 1.807) is 0 Å². The number of fused-ring (bicyclic) bond motifs is 1. The van der Waals surface area contributed by atoms with Gasteiger partial charge in [-0.3, -0.25) is 4.57 Å². The lowest BCUT2D eigenvalue weighted by molar-refractivity contribution is 0.545. The molecule has 0 saturated heterocycles. The van der Waals surface area contributed by atoms with Crippen molar-refractivity contribution in [2.24, 2.45) is 5.92 Å². The van der Waals surface area contributed by atoms with Gasteiger partial charge in [-0.15, -0.1) is 5.10 Å². The van der Waals surface area contributed by atoms with E-state index in [1.165, 1.54) is 24.2 Å². The Bertz CT molecular complexity index is 585. The van der Waals surface area contributed by atoms with Gasteiger partial charge in [-0.05, 0) is 50.3 Å². The smallest absolute Gasteiger partial charge is 0.160 e. The molecule has 112 valence electrons. The van der Waals surface area contributed by atoms with Crippen LogP contribution in [0, 0.1) is 5.92 Å². The molecule has 21 heavy (non-hydrogen) atoms. The average molecular weight is 285 g/mol. The summed E-state index contributed by atoms with van der Waals surface area (Å²) in [7, 11) is 0. The Hall–Kier alpha value is -1.75. The normalized spacial score (nSPS) is 14.4. The highest BCUT2D eigenvalue weighted by Crippen LogP contribution is 2.21. The Kier molecular flexibility index (Phi) is 4.29. The van der Waals surface area contributed by atoms with Gasteiger partial charge in [0.05, 0.1) is 11.4 Å². The van der Waals surface area contributed by atoms with Crippen LogP contribution in [-0.2, 0) is 19.4 Å². The lowest BCUT2D eigenvalue weighted by Crippen LogP contribution is -2.20. The fraction of sp³-hybridized carbons (Fsp3) is 0.562. The van der Waals surface area contributed by atoms with Crippen LogP contribution in [0.5, 0.6) is 0 Å². The van der Waals surface area contributed by atoms with E-state index in [9.17, 15) is 0 Å². The highest BCUT2D eigenvalue weighted by molar-refractivity contribution is 5.29. The summed E-state index contributed by atoms with van der Waals surface area (Å²) < 4.78 is 2.09. The van der Waals surface area contributed by atoms with Gasteiger partial charge in [-0.2, -0.15) is 5.10 Å². The second-order valence-electron chi connectivity index (χ2n) is 6.12. The van der Waals surface area contributed by atoms with Gasteiger partial charge in [0.1, 0.15) is 6.33 Å². The summed E-state index contributed by atoms with van der Waals surface area (Å²) >= 11 is 0. The van der Waals surface area contributed by atoms with Crippen LogP contribution in [0.25, 0.3) is 5.82 Å². The molecule has 0 fully saturated rings. The fourth-order valence-electron chi connectivity index (χ4n) is 2.73. The monoisotopic (exact) mass is 285 g/mol. The van der Waals surface area contributed by atoms with E-state index < -0.39 is 0 Å². The van der Waals surface area contributed by atoms with Crippen LogP contribution in [0.4, 0.5) is 0 Å². The molecule has 0 radical (unpaired) electrons. The Morgan fingerprint density at radius 1 is 1.19 bits per heavy atom. The third kappa shape index (κ3) is 3.29. The number of hydrogen-bond acceptors (Lipinski definition) is 4. The van der Waals surface area contributed by atoms with Crippen molar-refractivity contribution in [2.45, 2.75) is 46.1 Å². The molecule has 0 spiro atoms. The van der Waals surface area contributed by atoms with Crippen molar-refractivity contribution in [3.05, 3.63) is 35.5 Å². The van der Waals surface area contributed by atoms with Crippen molar-refractivity contribution in [2.75, 3.05) is 6.54 Å². The van der Waals surface area contributed by atoms with Crippen molar-refractivity contribution < 1.29 is 0 Å². The van der Waals surface area contributed by atoms with Gasteiger partial charge in [0.15, 0.2) is 5.82 Å². The standard InChI is InChI=1S/C16H23N5/c1-12(2)9-17-10-13-7-8-16(20-19-13)21-11-18-14-5-3-4-6-15(14)21/h7-8,11-12,17H,3-6,9-10H2,1-2H3. The largest absolute Gasteiger partial charge is 0.311 e. The van der Waals surface area contributed by atoms with E-state index in [1.807, 2.05) is 18.5 Å². The third-order valence-corrected chi connectivity index (χ3v) is 3.84. The number of imidazole rings is 1. The van der Waals surface area contributed by atoms with E-state index in [4.69, 9.17) is 0 Å². The van der Waals surface area contributed by atoms with Crippen molar-refractivity contribution in [3.8, 4) is 5.82 Å². The minimum atomic E-state index is 0.648. The molecule has 1 N–H and O–H groups in total. The Morgan fingerprint density at radius 3 is 2.81 bits per heavy atom. The Morgan fingerprint density at radius 2 is 2.05 bits per heavy atom. The molecule has 0 aromatic carbocycles. The molecular formula is C16H23N5. The summed E-state index contributed by atoms with van der Waals surface area (Å²) in [6.45, 7) is 6.17. The van der Waals surface area contributed by atoms with Gasteiger partial charge in [-0.1, -0.05) is 13.8 Å². The van der Waals surface area contributed by atoms with E-state index in [0.29, 0.717) is 5.92 Å². The van der Waals surface area contributed by atoms with Crippen molar-refractivity contribution in [1.29, 1.82) is 0 Å². The van der Waals surface area contributed by atoms with E-state index in [-0.39, 0.29) is 0 Å². The van der Waals surface area contributed by atoms with Gasteiger partial charge in [-0.25, -0.2) is 4.98 Å². The second kappa shape index (κ2) is 6.35. The molecule has 0 saturated carbocycles. The number of aryl methyl sites for hydroxylation is 1. The molecule has 2 heterocycles. The molecule has 2 aromatic rings. The molecule has 5 nitrogen and oxygen atoms in total. The maximum Gasteiger partial charge on any atom is 0.160 e. The zero-order valence-electron chi connectivity index (χ0n) is 12.8. The zero-order valence-corrected chi connectivity index (χ0v) is 12.8. The predicted octanol–water partition coefficient (Wildman–Crippen LogP) is 2.29. The SMILES string of the molecule is CC(C)CNCc1ccc(-n2cnc3c2CCCC3)nn1. The van der Waals surface area contributed by atoms with Crippen LogP contribution in [0.15, 0.2) is 18.5 Å². The van der Waals surface area contributed by atoms with E-state index >= 15 is 0 Å². The summed E-state index contributed by atoms with van der Waals surface area (Å²) in [6, 6.07) is 4.08. The first-order valence-electron chi connectivity index (χ1n) is 7.83. The lowest BCUT2D eigenvalue weighted by Gasteiger charge is -2.13. The van der Waals surface area contributed by atoms with Gasteiger partial charge in [0.2, 0.25) is 0 Å². The molecule has 0 aliphatic heterocycles. The molecule has 1 aliphatic carbocycles. The van der Waals surface area contributed by atoms with Crippen LogP contribution >= 0.6 is 0 Å². The maximum atomic E-state index is 4.51. The average Bonchev–Trinajstić information content (AvgIpc) is 2.92. The van der Waals surface area contributed by atoms with Crippen molar-refractivity contribution in [3.63, 3.8) is 0 Å². The quantitative estimate of drug-likeness (QED) is 0.915. The number of nitrogens with one attached hydrogen (secondary N) is 1. The highest BCUT2D eigenvalue weighted by Gasteiger charge is 2.16. The van der Waals surface area contributed by atoms with E-state index in [0.717, 1.165) is 37.4 Å². The van der Waals surface area contributed by atoms with Crippen LogP contribution in [0.3, 0.4) is 0 Å². The molecule has 1 aliphatic rings. The van der Waals surface area contributed by atoms with Crippen molar-refractivity contribution in [1.82, 2.24) is 25.1 Å². The number of hydrogen-bond donors (Lipinski definition) is 1. The summed E-state index contributed by atoms with van der Waals surface area (Å²) in [5.41, 5.74) is 3.51. The summed E-state index contributed by atoms with van der Waals surface area (Å²) in [4.78, 5) is 4.51. The first-order valence-corrected chi connectivity index (χ1v) is 7.83.